The van der Waals surface area contributed by atoms with Crippen molar-refractivity contribution in [2.45, 2.75) is 0 Å². The molecule has 154 valence electrons. The number of hydrogen-bond acceptors (Lipinski definition) is 5. The summed E-state index contributed by atoms with van der Waals surface area (Å²) in [4.78, 5) is 28.0. The quantitative estimate of drug-likeness (QED) is 0.535. The number of ether oxygens (including phenoxy) is 2. The summed E-state index contributed by atoms with van der Waals surface area (Å²) in [6.45, 7) is -0.341. The van der Waals surface area contributed by atoms with Gasteiger partial charge in [-0.15, -0.1) is 0 Å². The summed E-state index contributed by atoms with van der Waals surface area (Å²) < 4.78 is 10.7. The molecule has 3 rings (SSSR count). The van der Waals surface area contributed by atoms with E-state index in [1.165, 1.54) is 6.20 Å². The topological polar surface area (TPSA) is 89.6 Å². The second-order valence-corrected chi connectivity index (χ2v) is 6.89. The number of hydrogen-bond donors (Lipinski definition) is 2. The zero-order chi connectivity index (χ0) is 21.3. The second kappa shape index (κ2) is 10.5. The van der Waals surface area contributed by atoms with Crippen LogP contribution in [0.4, 0.5) is 11.5 Å². The van der Waals surface area contributed by atoms with Gasteiger partial charge >= 0.3 is 0 Å². The van der Waals surface area contributed by atoms with Gasteiger partial charge in [0.2, 0.25) is 0 Å². The normalized spacial score (nSPS) is 10.2. The standard InChI is InChI=1S/C21H17Cl2N3O4/c22-14-1-6-17(7-2-14)29-12-20(27)25-16-5-10-19(24-11-16)26-21(28)13-30-18-8-3-15(23)4-9-18/h1-11H,12-13H2,(H,25,27)(H,24,26,28). The van der Waals surface area contributed by atoms with E-state index in [-0.39, 0.29) is 25.0 Å². The van der Waals surface area contributed by atoms with Gasteiger partial charge in [-0.25, -0.2) is 4.98 Å². The van der Waals surface area contributed by atoms with Gasteiger partial charge in [0.1, 0.15) is 17.3 Å². The zero-order valence-electron chi connectivity index (χ0n) is 15.6. The van der Waals surface area contributed by atoms with Crippen molar-refractivity contribution in [3.05, 3.63) is 76.9 Å². The van der Waals surface area contributed by atoms with Gasteiger partial charge in [-0.1, -0.05) is 23.2 Å². The number of nitrogens with zero attached hydrogens (tertiary/aromatic N) is 1. The molecule has 7 nitrogen and oxygen atoms in total. The van der Waals surface area contributed by atoms with Crippen molar-refractivity contribution >= 4 is 46.5 Å². The smallest absolute Gasteiger partial charge is 0.263 e. The van der Waals surface area contributed by atoms with E-state index in [0.29, 0.717) is 33.0 Å². The molecule has 9 heteroatoms. The molecule has 0 radical (unpaired) electrons. The number of pyridine rings is 1. The van der Waals surface area contributed by atoms with Crippen molar-refractivity contribution in [1.82, 2.24) is 4.98 Å². The number of nitrogens with one attached hydrogen (secondary N) is 2. The first-order chi connectivity index (χ1) is 14.5. The van der Waals surface area contributed by atoms with Crippen LogP contribution in [0.1, 0.15) is 0 Å². The number of amides is 2. The number of carbonyl (C=O) groups is 2. The molecular formula is C21H17Cl2N3O4. The van der Waals surface area contributed by atoms with Gasteiger partial charge in [-0.3, -0.25) is 9.59 Å². The minimum absolute atomic E-state index is 0.165. The molecule has 30 heavy (non-hydrogen) atoms. The Labute approximate surface area is 182 Å². The predicted octanol–water partition coefficient (Wildman–Crippen LogP) is 4.42. The Morgan fingerprint density at radius 1 is 0.733 bits per heavy atom. The fourth-order valence-electron chi connectivity index (χ4n) is 2.28. The average Bonchev–Trinajstić information content (AvgIpc) is 2.74. The molecule has 0 saturated carbocycles. The van der Waals surface area contributed by atoms with E-state index >= 15 is 0 Å². The van der Waals surface area contributed by atoms with Crippen LogP contribution < -0.4 is 20.1 Å². The van der Waals surface area contributed by atoms with Crippen LogP contribution >= 0.6 is 23.2 Å². The SMILES string of the molecule is O=C(COc1ccc(Cl)cc1)Nc1ccc(NC(=O)COc2ccc(Cl)cc2)nc1. The fourth-order valence-corrected chi connectivity index (χ4v) is 2.53. The molecule has 0 aliphatic carbocycles. The molecule has 0 unspecified atom stereocenters. The van der Waals surface area contributed by atoms with E-state index in [1.807, 2.05) is 0 Å². The number of carbonyl (C=O) groups excluding carboxylic acids is 2. The monoisotopic (exact) mass is 445 g/mol. The van der Waals surface area contributed by atoms with Crippen molar-refractivity contribution in [3.8, 4) is 11.5 Å². The lowest BCUT2D eigenvalue weighted by Crippen LogP contribution is -2.21. The van der Waals surface area contributed by atoms with E-state index < -0.39 is 0 Å². The van der Waals surface area contributed by atoms with E-state index in [2.05, 4.69) is 15.6 Å². The maximum absolute atomic E-state index is 12.0. The Balaban J connectivity index is 1.42. The summed E-state index contributed by atoms with van der Waals surface area (Å²) >= 11 is 11.6. The minimum Gasteiger partial charge on any atom is -0.484 e. The highest BCUT2D eigenvalue weighted by Crippen LogP contribution is 2.17. The first-order valence-corrected chi connectivity index (χ1v) is 9.56. The Kier molecular flexibility index (Phi) is 7.48. The van der Waals surface area contributed by atoms with E-state index in [9.17, 15) is 9.59 Å². The summed E-state index contributed by atoms with van der Waals surface area (Å²) in [7, 11) is 0. The average molecular weight is 446 g/mol. The van der Waals surface area contributed by atoms with Gasteiger partial charge in [-0.05, 0) is 60.7 Å². The molecule has 1 heterocycles. The lowest BCUT2D eigenvalue weighted by atomic mass is 10.3. The summed E-state index contributed by atoms with van der Waals surface area (Å²) in [6, 6.07) is 16.5. The fraction of sp³-hybridized carbons (Fsp3) is 0.0952. The van der Waals surface area contributed by atoms with E-state index in [4.69, 9.17) is 32.7 Å². The molecule has 2 aromatic carbocycles. The third-order valence-electron chi connectivity index (χ3n) is 3.68. The van der Waals surface area contributed by atoms with Gasteiger partial charge in [0.15, 0.2) is 13.2 Å². The minimum atomic E-state index is -0.370. The van der Waals surface area contributed by atoms with Crippen molar-refractivity contribution in [2.75, 3.05) is 23.8 Å². The molecule has 0 aliphatic heterocycles. The molecule has 0 bridgehead atoms. The molecule has 1 aromatic heterocycles. The molecule has 3 aromatic rings. The van der Waals surface area contributed by atoms with Gasteiger partial charge in [0.05, 0.1) is 11.9 Å². The van der Waals surface area contributed by atoms with Crippen LogP contribution in [0.25, 0.3) is 0 Å². The number of rotatable bonds is 8. The van der Waals surface area contributed by atoms with Crippen LogP contribution in [0.3, 0.4) is 0 Å². The van der Waals surface area contributed by atoms with Gasteiger partial charge in [0, 0.05) is 10.0 Å². The summed E-state index contributed by atoms with van der Waals surface area (Å²) in [5.41, 5.74) is 0.468. The molecule has 0 saturated heterocycles. The summed E-state index contributed by atoms with van der Waals surface area (Å²) in [5.74, 6) is 0.675. The van der Waals surface area contributed by atoms with Crippen LogP contribution in [-0.4, -0.2) is 30.0 Å². The predicted molar refractivity (Wildman–Crippen MR) is 115 cm³/mol. The van der Waals surface area contributed by atoms with Crippen molar-refractivity contribution < 1.29 is 19.1 Å². The second-order valence-electron chi connectivity index (χ2n) is 6.01. The van der Waals surface area contributed by atoms with E-state index in [1.54, 1.807) is 60.7 Å². The number of halogens is 2. The Morgan fingerprint density at radius 3 is 1.70 bits per heavy atom. The highest BCUT2D eigenvalue weighted by atomic mass is 35.5. The van der Waals surface area contributed by atoms with Crippen LogP contribution in [-0.2, 0) is 9.59 Å². The summed E-state index contributed by atoms with van der Waals surface area (Å²) in [5, 5.41) is 6.43. The summed E-state index contributed by atoms with van der Waals surface area (Å²) in [6.07, 6.45) is 1.43. The highest BCUT2D eigenvalue weighted by Gasteiger charge is 2.07. The third-order valence-corrected chi connectivity index (χ3v) is 4.19. The number of anilines is 2. The van der Waals surface area contributed by atoms with Gasteiger partial charge in [-0.2, -0.15) is 0 Å². The molecule has 2 N–H and O–H groups in total. The Morgan fingerprint density at radius 2 is 1.23 bits per heavy atom. The maximum atomic E-state index is 12.0. The largest absolute Gasteiger partial charge is 0.484 e. The third kappa shape index (κ3) is 6.95. The van der Waals surface area contributed by atoms with Crippen LogP contribution in [0.15, 0.2) is 66.9 Å². The van der Waals surface area contributed by atoms with Crippen LogP contribution in [0.5, 0.6) is 11.5 Å². The van der Waals surface area contributed by atoms with Crippen molar-refractivity contribution in [1.29, 1.82) is 0 Å². The lowest BCUT2D eigenvalue weighted by molar-refractivity contribution is -0.118. The van der Waals surface area contributed by atoms with Crippen LogP contribution in [0, 0.1) is 0 Å². The molecule has 0 aliphatic rings. The maximum Gasteiger partial charge on any atom is 0.263 e. The highest BCUT2D eigenvalue weighted by molar-refractivity contribution is 6.30. The zero-order valence-corrected chi connectivity index (χ0v) is 17.1. The van der Waals surface area contributed by atoms with Crippen molar-refractivity contribution in [3.63, 3.8) is 0 Å². The van der Waals surface area contributed by atoms with Crippen LogP contribution in [0.2, 0.25) is 10.0 Å². The van der Waals surface area contributed by atoms with Gasteiger partial charge < -0.3 is 20.1 Å². The van der Waals surface area contributed by atoms with E-state index in [0.717, 1.165) is 0 Å². The first kappa shape index (κ1) is 21.4. The number of aromatic nitrogens is 1. The Bertz CT molecular complexity index is 912. The molecule has 0 spiro atoms. The molecule has 0 fully saturated rings. The Hall–Kier alpha value is -3.29. The van der Waals surface area contributed by atoms with Crippen molar-refractivity contribution in [2.24, 2.45) is 0 Å². The lowest BCUT2D eigenvalue weighted by Gasteiger charge is -2.09. The number of benzene rings is 2. The first-order valence-electron chi connectivity index (χ1n) is 8.80. The molecule has 0 atom stereocenters. The molecule has 2 amide bonds. The van der Waals surface area contributed by atoms with Gasteiger partial charge in [0.25, 0.3) is 11.8 Å². The molecular weight excluding hydrogens is 429 g/mol.